The van der Waals surface area contributed by atoms with Crippen molar-refractivity contribution in [2.45, 2.75) is 57.5 Å². The zero-order valence-electron chi connectivity index (χ0n) is 14.4. The largest absolute Gasteiger partial charge is 0.457 e. The van der Waals surface area contributed by atoms with Crippen LogP contribution in [0.15, 0.2) is 12.7 Å². The minimum Gasteiger partial charge on any atom is -0.457 e. The van der Waals surface area contributed by atoms with Gasteiger partial charge in [-0.1, -0.05) is 19.9 Å². The summed E-state index contributed by atoms with van der Waals surface area (Å²) < 4.78 is 6.15. The summed E-state index contributed by atoms with van der Waals surface area (Å²) in [5, 5.41) is 0. The summed E-state index contributed by atoms with van der Waals surface area (Å²) >= 11 is 0. The molecule has 0 aromatic heterocycles. The van der Waals surface area contributed by atoms with Crippen LogP contribution in [0.25, 0.3) is 0 Å². The van der Waals surface area contributed by atoms with E-state index in [0.717, 1.165) is 24.7 Å². The maximum Gasteiger partial charge on any atom is 0.326 e. The van der Waals surface area contributed by atoms with E-state index < -0.39 is 0 Å². The van der Waals surface area contributed by atoms with Gasteiger partial charge in [0.2, 0.25) is 5.91 Å². The predicted molar refractivity (Wildman–Crippen MR) is 88.6 cm³/mol. The molecule has 4 fully saturated rings. The van der Waals surface area contributed by atoms with Crippen molar-refractivity contribution in [3.8, 4) is 0 Å². The summed E-state index contributed by atoms with van der Waals surface area (Å²) in [7, 11) is 1.62. The Morgan fingerprint density at radius 2 is 1.74 bits per heavy atom. The molecular formula is C19H29NO3. The molecule has 0 heterocycles. The van der Waals surface area contributed by atoms with E-state index in [4.69, 9.17) is 4.74 Å². The molecule has 4 heteroatoms. The molecule has 128 valence electrons. The number of likely N-dealkylation sites (N-methyl/N-ethyl adjacent to an activating group) is 1. The van der Waals surface area contributed by atoms with Gasteiger partial charge in [0.1, 0.15) is 12.1 Å². The molecule has 1 amide bonds. The second kappa shape index (κ2) is 6.29. The van der Waals surface area contributed by atoms with Gasteiger partial charge in [-0.2, -0.15) is 0 Å². The standard InChI is InChI=1S/C19H29NO3/c1-4-6-19(23-18(22)12-20(3)17(21)5-2)15-8-13-7-14(10-15)11-16(19)9-13/h5,13-16H,2,4,6-12H2,1,3H3. The van der Waals surface area contributed by atoms with Gasteiger partial charge in [0.25, 0.3) is 0 Å². The highest BCUT2D eigenvalue weighted by atomic mass is 16.6. The number of hydrogen-bond acceptors (Lipinski definition) is 3. The molecule has 0 aliphatic heterocycles. The van der Waals surface area contributed by atoms with E-state index in [1.807, 2.05) is 0 Å². The Hall–Kier alpha value is -1.32. The zero-order valence-corrected chi connectivity index (χ0v) is 14.4. The van der Waals surface area contributed by atoms with Crippen LogP contribution in [-0.4, -0.2) is 36.0 Å². The van der Waals surface area contributed by atoms with Gasteiger partial charge in [-0.05, 0) is 68.3 Å². The van der Waals surface area contributed by atoms with E-state index in [-0.39, 0.29) is 24.0 Å². The van der Waals surface area contributed by atoms with E-state index >= 15 is 0 Å². The summed E-state index contributed by atoms with van der Waals surface area (Å²) in [6.45, 7) is 5.66. The Labute approximate surface area is 139 Å². The van der Waals surface area contributed by atoms with E-state index in [1.54, 1.807) is 7.05 Å². The average Bonchev–Trinajstić information content (AvgIpc) is 2.50. The lowest BCUT2D eigenvalue weighted by atomic mass is 9.49. The van der Waals surface area contributed by atoms with Crippen LogP contribution in [-0.2, 0) is 14.3 Å². The number of hydrogen-bond donors (Lipinski definition) is 0. The average molecular weight is 319 g/mol. The van der Waals surface area contributed by atoms with Crippen molar-refractivity contribution in [3.05, 3.63) is 12.7 Å². The Morgan fingerprint density at radius 1 is 1.17 bits per heavy atom. The molecule has 0 saturated heterocycles. The third kappa shape index (κ3) is 2.92. The van der Waals surface area contributed by atoms with Gasteiger partial charge in [-0.3, -0.25) is 9.59 Å². The van der Waals surface area contributed by atoms with Crippen molar-refractivity contribution in [2.75, 3.05) is 13.6 Å². The number of nitrogens with zero attached hydrogens (tertiary/aromatic N) is 1. The molecule has 0 aromatic carbocycles. The third-order valence-electron chi connectivity index (χ3n) is 6.38. The van der Waals surface area contributed by atoms with E-state index in [1.165, 1.54) is 43.1 Å². The van der Waals surface area contributed by atoms with Gasteiger partial charge in [0.15, 0.2) is 0 Å². The van der Waals surface area contributed by atoms with Crippen molar-refractivity contribution in [2.24, 2.45) is 23.7 Å². The minimum atomic E-state index is -0.267. The van der Waals surface area contributed by atoms with Crippen molar-refractivity contribution in [1.82, 2.24) is 4.90 Å². The van der Waals surface area contributed by atoms with Crippen molar-refractivity contribution >= 4 is 11.9 Å². The van der Waals surface area contributed by atoms with Crippen LogP contribution in [0.2, 0.25) is 0 Å². The topological polar surface area (TPSA) is 46.6 Å². The Balaban J connectivity index is 1.73. The number of amides is 1. The number of carbonyl (C=O) groups is 2. The van der Waals surface area contributed by atoms with Crippen LogP contribution in [0.1, 0.15) is 51.9 Å². The summed E-state index contributed by atoms with van der Waals surface area (Å²) in [6, 6.07) is 0. The quantitative estimate of drug-likeness (QED) is 0.558. The molecule has 0 spiro atoms. The maximum absolute atomic E-state index is 12.5. The molecule has 4 rings (SSSR count). The van der Waals surface area contributed by atoms with Crippen LogP contribution < -0.4 is 0 Å². The van der Waals surface area contributed by atoms with Gasteiger partial charge in [0.05, 0.1) is 0 Å². The first kappa shape index (κ1) is 16.5. The van der Waals surface area contributed by atoms with Crippen molar-refractivity contribution < 1.29 is 14.3 Å². The van der Waals surface area contributed by atoms with E-state index in [2.05, 4.69) is 13.5 Å². The summed E-state index contributed by atoms with van der Waals surface area (Å²) in [4.78, 5) is 25.5. The summed E-state index contributed by atoms with van der Waals surface area (Å²) in [5.74, 6) is 2.27. The fraction of sp³-hybridized carbons (Fsp3) is 0.789. The molecule has 0 radical (unpaired) electrons. The molecule has 4 nitrogen and oxygen atoms in total. The fourth-order valence-electron chi connectivity index (χ4n) is 5.67. The first-order valence-corrected chi connectivity index (χ1v) is 9.07. The highest BCUT2D eigenvalue weighted by Gasteiger charge is 2.58. The van der Waals surface area contributed by atoms with E-state index in [9.17, 15) is 9.59 Å². The third-order valence-corrected chi connectivity index (χ3v) is 6.38. The maximum atomic E-state index is 12.5. The Bertz CT molecular complexity index is 471. The molecule has 4 bridgehead atoms. The predicted octanol–water partition coefficient (Wildman–Crippen LogP) is 3.17. The second-order valence-corrected chi connectivity index (χ2v) is 7.88. The smallest absolute Gasteiger partial charge is 0.326 e. The minimum absolute atomic E-state index is 0.0165. The number of rotatable bonds is 6. The lowest BCUT2D eigenvalue weighted by molar-refractivity contribution is -0.212. The normalized spacial score (nSPS) is 37.5. The SMILES string of the molecule is C=CC(=O)N(C)CC(=O)OC1(CCC)C2CC3CC(C2)CC1C3. The fourth-order valence-corrected chi connectivity index (χ4v) is 5.67. The van der Waals surface area contributed by atoms with Gasteiger partial charge in [0, 0.05) is 7.05 Å². The van der Waals surface area contributed by atoms with Gasteiger partial charge >= 0.3 is 5.97 Å². The number of esters is 1. The lowest BCUT2D eigenvalue weighted by Gasteiger charge is -2.60. The first-order chi connectivity index (χ1) is 11.0. The Morgan fingerprint density at radius 3 is 2.22 bits per heavy atom. The van der Waals surface area contributed by atoms with Gasteiger partial charge in [-0.25, -0.2) is 0 Å². The van der Waals surface area contributed by atoms with Crippen LogP contribution in [0.4, 0.5) is 0 Å². The van der Waals surface area contributed by atoms with Crippen LogP contribution in [0, 0.1) is 23.7 Å². The monoisotopic (exact) mass is 319 g/mol. The summed E-state index contributed by atoms with van der Waals surface area (Å²) in [6.07, 6.45) is 9.52. The molecule has 0 unspecified atom stereocenters. The Kier molecular flexibility index (Phi) is 4.52. The van der Waals surface area contributed by atoms with Gasteiger partial charge in [-0.15, -0.1) is 0 Å². The van der Waals surface area contributed by atoms with Crippen molar-refractivity contribution in [1.29, 1.82) is 0 Å². The van der Waals surface area contributed by atoms with Crippen LogP contribution >= 0.6 is 0 Å². The molecular weight excluding hydrogens is 290 g/mol. The molecule has 0 aromatic rings. The highest BCUT2D eigenvalue weighted by Crippen LogP contribution is 2.60. The molecule has 23 heavy (non-hydrogen) atoms. The molecule has 4 aliphatic carbocycles. The summed E-state index contributed by atoms with van der Waals surface area (Å²) in [5.41, 5.74) is -0.267. The molecule has 0 atom stereocenters. The molecule has 4 saturated carbocycles. The van der Waals surface area contributed by atoms with Gasteiger partial charge < -0.3 is 9.64 Å². The number of carbonyl (C=O) groups excluding carboxylic acids is 2. The number of ether oxygens (including phenoxy) is 1. The molecule has 4 aliphatic rings. The van der Waals surface area contributed by atoms with Crippen LogP contribution in [0.5, 0.6) is 0 Å². The van der Waals surface area contributed by atoms with E-state index in [0.29, 0.717) is 11.8 Å². The lowest BCUT2D eigenvalue weighted by Crippen LogP contribution is -2.60. The zero-order chi connectivity index (χ0) is 16.6. The first-order valence-electron chi connectivity index (χ1n) is 9.07. The van der Waals surface area contributed by atoms with Crippen molar-refractivity contribution in [3.63, 3.8) is 0 Å². The van der Waals surface area contributed by atoms with Crippen LogP contribution in [0.3, 0.4) is 0 Å². The highest BCUT2D eigenvalue weighted by molar-refractivity contribution is 5.89. The molecule has 0 N–H and O–H groups in total. The second-order valence-electron chi connectivity index (χ2n) is 7.88.